The Bertz CT molecular complexity index is 559. The quantitative estimate of drug-likeness (QED) is 0.846. The molecule has 0 aliphatic carbocycles. The highest BCUT2D eigenvalue weighted by Crippen LogP contribution is 2.24. The van der Waals surface area contributed by atoms with Gasteiger partial charge in [0.2, 0.25) is 10.0 Å². The first-order valence-corrected chi connectivity index (χ1v) is 7.38. The summed E-state index contributed by atoms with van der Waals surface area (Å²) in [6.07, 6.45) is 0. The van der Waals surface area contributed by atoms with Crippen molar-refractivity contribution in [2.75, 3.05) is 18.8 Å². The number of nitrogens with zero attached hydrogens (tertiary/aromatic N) is 1. The lowest BCUT2D eigenvalue weighted by Crippen LogP contribution is -2.34. The zero-order valence-electron chi connectivity index (χ0n) is 11.2. The van der Waals surface area contributed by atoms with Crippen molar-refractivity contribution >= 4 is 15.7 Å². The Balaban J connectivity index is 3.30. The number of hydrogen-bond donors (Lipinski definition) is 1. The number of nitrogens with two attached hydrogens (primary N) is 1. The molecule has 108 valence electrons. The van der Waals surface area contributed by atoms with Crippen LogP contribution in [0.4, 0.5) is 14.5 Å². The average Bonchev–Trinajstić information content (AvgIpc) is 2.30. The van der Waals surface area contributed by atoms with Gasteiger partial charge in [0.25, 0.3) is 0 Å². The van der Waals surface area contributed by atoms with Gasteiger partial charge < -0.3 is 5.73 Å². The van der Waals surface area contributed by atoms with Crippen LogP contribution in [0.1, 0.15) is 20.8 Å². The molecule has 1 rings (SSSR count). The Hall–Kier alpha value is -1.21. The van der Waals surface area contributed by atoms with Crippen LogP contribution in [0.3, 0.4) is 0 Å². The molecule has 0 radical (unpaired) electrons. The van der Waals surface area contributed by atoms with Crippen LogP contribution < -0.4 is 5.73 Å². The number of anilines is 1. The van der Waals surface area contributed by atoms with Gasteiger partial charge in [-0.2, -0.15) is 4.31 Å². The molecule has 0 aliphatic rings. The number of nitrogen functional groups attached to an aromatic ring is 1. The first kappa shape index (κ1) is 15.8. The van der Waals surface area contributed by atoms with Crippen molar-refractivity contribution in [3.63, 3.8) is 0 Å². The van der Waals surface area contributed by atoms with Crippen LogP contribution in [0.25, 0.3) is 0 Å². The molecule has 0 fully saturated rings. The molecule has 19 heavy (non-hydrogen) atoms. The normalized spacial score (nSPS) is 12.4. The third-order valence-corrected chi connectivity index (χ3v) is 4.55. The molecule has 0 saturated heterocycles. The number of rotatable bonds is 5. The SMILES string of the molecule is CCN(CC(C)C)S(=O)(=O)c1cc(N)c(F)cc1F. The predicted octanol–water partition coefficient (Wildman–Crippen LogP) is 2.21. The van der Waals surface area contributed by atoms with Crippen molar-refractivity contribution in [1.29, 1.82) is 0 Å². The lowest BCUT2D eigenvalue weighted by atomic mass is 10.2. The summed E-state index contributed by atoms with van der Waals surface area (Å²) in [7, 11) is -4.00. The van der Waals surface area contributed by atoms with E-state index in [1.54, 1.807) is 6.92 Å². The van der Waals surface area contributed by atoms with Crippen LogP contribution in [0.2, 0.25) is 0 Å². The zero-order valence-corrected chi connectivity index (χ0v) is 12.0. The van der Waals surface area contributed by atoms with Crippen LogP contribution in [0.15, 0.2) is 17.0 Å². The molecule has 2 N–H and O–H groups in total. The minimum Gasteiger partial charge on any atom is -0.396 e. The predicted molar refractivity (Wildman–Crippen MR) is 70.0 cm³/mol. The molecule has 0 atom stereocenters. The van der Waals surface area contributed by atoms with Crippen molar-refractivity contribution in [3.8, 4) is 0 Å². The van der Waals surface area contributed by atoms with E-state index >= 15 is 0 Å². The van der Waals surface area contributed by atoms with Gasteiger partial charge in [-0.25, -0.2) is 17.2 Å². The van der Waals surface area contributed by atoms with Crippen LogP contribution in [0.5, 0.6) is 0 Å². The molecule has 1 aromatic rings. The van der Waals surface area contributed by atoms with Crippen molar-refractivity contribution < 1.29 is 17.2 Å². The van der Waals surface area contributed by atoms with Gasteiger partial charge in [0.05, 0.1) is 5.69 Å². The maximum absolute atomic E-state index is 13.7. The Kier molecular flexibility index (Phi) is 4.86. The van der Waals surface area contributed by atoms with Gasteiger partial charge in [0.1, 0.15) is 16.5 Å². The molecule has 0 amide bonds. The van der Waals surface area contributed by atoms with E-state index in [4.69, 9.17) is 5.73 Å². The van der Waals surface area contributed by atoms with Crippen molar-refractivity contribution in [3.05, 3.63) is 23.8 Å². The highest BCUT2D eigenvalue weighted by molar-refractivity contribution is 7.89. The van der Waals surface area contributed by atoms with E-state index in [1.807, 2.05) is 13.8 Å². The summed E-state index contributed by atoms with van der Waals surface area (Å²) in [5.74, 6) is -2.01. The topological polar surface area (TPSA) is 63.4 Å². The fraction of sp³-hybridized carbons (Fsp3) is 0.500. The van der Waals surface area contributed by atoms with Crippen LogP contribution in [-0.2, 0) is 10.0 Å². The van der Waals surface area contributed by atoms with Gasteiger partial charge in [-0.05, 0) is 12.0 Å². The van der Waals surface area contributed by atoms with Gasteiger partial charge in [0, 0.05) is 19.2 Å². The second kappa shape index (κ2) is 5.83. The molecule has 0 aromatic heterocycles. The molecule has 7 heteroatoms. The fourth-order valence-corrected chi connectivity index (χ4v) is 3.38. The minimum atomic E-state index is -4.00. The molecule has 0 unspecified atom stereocenters. The van der Waals surface area contributed by atoms with Crippen LogP contribution in [0, 0.1) is 17.6 Å². The maximum atomic E-state index is 13.7. The average molecular weight is 292 g/mol. The van der Waals surface area contributed by atoms with Crippen molar-refractivity contribution in [1.82, 2.24) is 4.31 Å². The Labute approximate surface area is 112 Å². The molecule has 0 bridgehead atoms. The van der Waals surface area contributed by atoms with E-state index < -0.39 is 26.6 Å². The summed E-state index contributed by atoms with van der Waals surface area (Å²) in [6, 6.07) is 1.31. The zero-order chi connectivity index (χ0) is 14.8. The molecule has 1 aromatic carbocycles. The molecule has 0 spiro atoms. The van der Waals surface area contributed by atoms with E-state index in [-0.39, 0.29) is 24.7 Å². The number of hydrogen-bond acceptors (Lipinski definition) is 3. The van der Waals surface area contributed by atoms with E-state index in [0.29, 0.717) is 6.07 Å². The number of halogens is 2. The largest absolute Gasteiger partial charge is 0.396 e. The maximum Gasteiger partial charge on any atom is 0.246 e. The molecular formula is C12H18F2N2O2S. The summed E-state index contributed by atoms with van der Waals surface area (Å²) in [5, 5.41) is 0. The van der Waals surface area contributed by atoms with Crippen LogP contribution >= 0.6 is 0 Å². The molecule has 0 saturated carbocycles. The highest BCUT2D eigenvalue weighted by Gasteiger charge is 2.27. The van der Waals surface area contributed by atoms with E-state index in [2.05, 4.69) is 0 Å². The summed E-state index contributed by atoms with van der Waals surface area (Å²) in [6.45, 7) is 5.83. The summed E-state index contributed by atoms with van der Waals surface area (Å²) in [4.78, 5) is -0.589. The molecular weight excluding hydrogens is 274 g/mol. The molecule has 4 nitrogen and oxygen atoms in total. The Morgan fingerprint density at radius 3 is 2.32 bits per heavy atom. The lowest BCUT2D eigenvalue weighted by molar-refractivity contribution is 0.378. The lowest BCUT2D eigenvalue weighted by Gasteiger charge is -2.22. The third-order valence-electron chi connectivity index (χ3n) is 2.59. The molecule has 0 heterocycles. The third kappa shape index (κ3) is 3.42. The van der Waals surface area contributed by atoms with Gasteiger partial charge in [0.15, 0.2) is 0 Å². The van der Waals surface area contributed by atoms with Gasteiger partial charge in [-0.3, -0.25) is 0 Å². The van der Waals surface area contributed by atoms with E-state index in [0.717, 1.165) is 10.4 Å². The van der Waals surface area contributed by atoms with Crippen molar-refractivity contribution in [2.45, 2.75) is 25.7 Å². The first-order chi connectivity index (χ1) is 8.70. The summed E-state index contributed by atoms with van der Waals surface area (Å²) in [5.41, 5.74) is 4.92. The van der Waals surface area contributed by atoms with E-state index in [9.17, 15) is 17.2 Å². The monoisotopic (exact) mass is 292 g/mol. The Morgan fingerprint density at radius 1 is 1.26 bits per heavy atom. The number of sulfonamides is 1. The second-order valence-electron chi connectivity index (χ2n) is 4.65. The highest BCUT2D eigenvalue weighted by atomic mass is 32.2. The van der Waals surface area contributed by atoms with E-state index in [1.165, 1.54) is 0 Å². The smallest absolute Gasteiger partial charge is 0.246 e. The Morgan fingerprint density at radius 2 is 1.84 bits per heavy atom. The minimum absolute atomic E-state index is 0.0931. The summed E-state index contributed by atoms with van der Waals surface area (Å²) >= 11 is 0. The van der Waals surface area contributed by atoms with Gasteiger partial charge in [-0.1, -0.05) is 20.8 Å². The van der Waals surface area contributed by atoms with Crippen LogP contribution in [-0.4, -0.2) is 25.8 Å². The second-order valence-corrected chi connectivity index (χ2v) is 6.56. The standard InChI is InChI=1S/C12H18F2N2O2S/c1-4-16(7-8(2)3)19(17,18)12-6-11(15)9(13)5-10(12)14/h5-6,8H,4,7,15H2,1-3H3. The first-order valence-electron chi connectivity index (χ1n) is 5.94. The summed E-state index contributed by atoms with van der Waals surface area (Å²) < 4.78 is 52.5. The molecule has 0 aliphatic heterocycles. The number of benzene rings is 1. The van der Waals surface area contributed by atoms with Gasteiger partial charge >= 0.3 is 0 Å². The fourth-order valence-electron chi connectivity index (χ4n) is 1.69. The van der Waals surface area contributed by atoms with Crippen molar-refractivity contribution in [2.24, 2.45) is 5.92 Å². The van der Waals surface area contributed by atoms with Gasteiger partial charge in [-0.15, -0.1) is 0 Å².